The average Bonchev–Trinajstić information content (AvgIpc) is 2.82. The molecule has 0 aromatic heterocycles. The minimum Gasteiger partial charge on any atom is -0.495 e. The molecule has 3 aromatic rings. The highest BCUT2D eigenvalue weighted by atomic mass is 35.5. The third-order valence-electron chi connectivity index (χ3n) is 4.72. The number of carbonyl (C=O) groups excluding carboxylic acids is 2. The molecule has 0 bridgehead atoms. The molecule has 3 rings (SSSR count). The molecule has 0 aliphatic carbocycles. The Kier molecular flexibility index (Phi) is 8.91. The van der Waals surface area contributed by atoms with Crippen molar-refractivity contribution in [2.45, 2.75) is 11.8 Å². The fourth-order valence-electron chi connectivity index (χ4n) is 2.99. The molecule has 0 aliphatic heterocycles. The molecule has 190 valence electrons. The number of hydrogen-bond acceptors (Lipinski definition) is 6. The number of aryl methyl sites for hydroxylation is 1. The normalized spacial score (nSPS) is 10.9. The Bertz CT molecular complexity index is 1420. The predicted molar refractivity (Wildman–Crippen MR) is 138 cm³/mol. The van der Waals surface area contributed by atoms with Gasteiger partial charge >= 0.3 is 0 Å². The average molecular weight is 573 g/mol. The van der Waals surface area contributed by atoms with E-state index in [1.165, 1.54) is 13.2 Å². The van der Waals surface area contributed by atoms with Gasteiger partial charge in [0.15, 0.2) is 6.61 Å². The number of halogens is 3. The van der Waals surface area contributed by atoms with Crippen LogP contribution >= 0.6 is 34.8 Å². The maximum Gasteiger partial charge on any atom is 0.276 e. The number of benzene rings is 3. The summed E-state index contributed by atoms with van der Waals surface area (Å²) >= 11 is 18.1. The van der Waals surface area contributed by atoms with Crippen molar-refractivity contribution >= 4 is 62.3 Å². The number of hydrogen-bond donors (Lipinski definition) is 3. The van der Waals surface area contributed by atoms with Gasteiger partial charge in [0.2, 0.25) is 0 Å². The van der Waals surface area contributed by atoms with Gasteiger partial charge in [0.05, 0.1) is 28.4 Å². The molecule has 0 saturated carbocycles. The van der Waals surface area contributed by atoms with Crippen LogP contribution in [0, 0.1) is 6.92 Å². The Morgan fingerprint density at radius 3 is 2.33 bits per heavy atom. The molecule has 0 aliphatic rings. The van der Waals surface area contributed by atoms with Crippen molar-refractivity contribution in [3.8, 4) is 11.5 Å². The van der Waals surface area contributed by atoms with Gasteiger partial charge in [0.1, 0.15) is 16.4 Å². The molecule has 2 amide bonds. The van der Waals surface area contributed by atoms with E-state index in [1.807, 2.05) is 0 Å². The number of rotatable bonds is 8. The van der Waals surface area contributed by atoms with Gasteiger partial charge in [0, 0.05) is 5.02 Å². The molecule has 3 N–H and O–H groups in total. The van der Waals surface area contributed by atoms with Gasteiger partial charge in [-0.2, -0.15) is 0 Å². The molecule has 0 saturated heterocycles. The van der Waals surface area contributed by atoms with Crippen LogP contribution in [0.25, 0.3) is 0 Å². The van der Waals surface area contributed by atoms with Crippen LogP contribution in [0.3, 0.4) is 0 Å². The van der Waals surface area contributed by atoms with Gasteiger partial charge in [-0.3, -0.25) is 25.2 Å². The van der Waals surface area contributed by atoms with Crippen LogP contribution in [0.5, 0.6) is 11.5 Å². The predicted octanol–water partition coefficient (Wildman–Crippen LogP) is 4.60. The smallest absolute Gasteiger partial charge is 0.276 e. The van der Waals surface area contributed by atoms with Crippen molar-refractivity contribution in [3.63, 3.8) is 0 Å². The van der Waals surface area contributed by atoms with Crippen LogP contribution in [-0.4, -0.2) is 33.9 Å². The molecule has 9 nitrogen and oxygen atoms in total. The van der Waals surface area contributed by atoms with Crippen LogP contribution in [0.15, 0.2) is 59.5 Å². The monoisotopic (exact) mass is 571 g/mol. The summed E-state index contributed by atoms with van der Waals surface area (Å²) in [7, 11) is -2.85. The second-order valence-electron chi connectivity index (χ2n) is 7.27. The van der Waals surface area contributed by atoms with Gasteiger partial charge in [0.25, 0.3) is 21.8 Å². The first-order chi connectivity index (χ1) is 17.0. The number of sulfonamides is 1. The lowest BCUT2D eigenvalue weighted by Gasteiger charge is -2.14. The molecule has 13 heteroatoms. The van der Waals surface area contributed by atoms with Crippen molar-refractivity contribution in [3.05, 3.63) is 80.8 Å². The molecular formula is C23H20Cl3N3O6S. The second-order valence-corrected chi connectivity index (χ2v) is 10.2. The summed E-state index contributed by atoms with van der Waals surface area (Å²) in [6.45, 7) is 1.36. The van der Waals surface area contributed by atoms with Crippen molar-refractivity contribution in [1.29, 1.82) is 0 Å². The first-order valence-electron chi connectivity index (χ1n) is 10.1. The second kappa shape index (κ2) is 11.7. The van der Waals surface area contributed by atoms with Gasteiger partial charge in [-0.1, -0.05) is 46.9 Å². The summed E-state index contributed by atoms with van der Waals surface area (Å²) in [5, 5.41) is 0.182. The van der Waals surface area contributed by atoms with Crippen LogP contribution < -0.4 is 25.0 Å². The zero-order valence-corrected chi connectivity index (χ0v) is 22.0. The van der Waals surface area contributed by atoms with Crippen LogP contribution in [0.2, 0.25) is 15.1 Å². The molecule has 3 aromatic carbocycles. The fraction of sp³-hybridized carbons (Fsp3) is 0.130. The highest BCUT2D eigenvalue weighted by molar-refractivity contribution is 7.92. The fourth-order valence-corrected chi connectivity index (χ4v) is 5.14. The Labute approximate surface area is 222 Å². The Morgan fingerprint density at radius 2 is 1.64 bits per heavy atom. The number of nitrogens with one attached hydrogen (secondary N) is 3. The molecule has 0 spiro atoms. The van der Waals surface area contributed by atoms with E-state index in [9.17, 15) is 18.0 Å². The number of hydrazine groups is 1. The summed E-state index contributed by atoms with van der Waals surface area (Å²) in [6.07, 6.45) is 0. The molecule has 0 heterocycles. The molecule has 36 heavy (non-hydrogen) atoms. The number of anilines is 1. The van der Waals surface area contributed by atoms with Gasteiger partial charge in [-0.05, 0) is 55.0 Å². The zero-order valence-electron chi connectivity index (χ0n) is 18.9. The van der Waals surface area contributed by atoms with Crippen molar-refractivity contribution in [1.82, 2.24) is 10.9 Å². The summed E-state index contributed by atoms with van der Waals surface area (Å²) in [5.41, 5.74) is 4.99. The molecule has 0 radical (unpaired) electrons. The number of carbonyl (C=O) groups is 2. The number of methoxy groups -OCH3 is 1. The van der Waals surface area contributed by atoms with Gasteiger partial charge in [-0.25, -0.2) is 8.42 Å². The summed E-state index contributed by atoms with van der Waals surface area (Å²) in [6, 6.07) is 13.4. The van der Waals surface area contributed by atoms with Crippen LogP contribution in [0.1, 0.15) is 15.9 Å². The molecular weight excluding hydrogens is 553 g/mol. The first-order valence-corrected chi connectivity index (χ1v) is 12.8. The van der Waals surface area contributed by atoms with Crippen molar-refractivity contribution in [2.24, 2.45) is 0 Å². The highest BCUT2D eigenvalue weighted by Gasteiger charge is 2.24. The van der Waals surface area contributed by atoms with E-state index in [0.29, 0.717) is 10.8 Å². The van der Waals surface area contributed by atoms with E-state index in [1.54, 1.807) is 43.3 Å². The number of ether oxygens (including phenoxy) is 2. The largest absolute Gasteiger partial charge is 0.495 e. The Hall–Kier alpha value is -3.18. The minimum atomic E-state index is -4.24. The van der Waals surface area contributed by atoms with Crippen molar-refractivity contribution < 1.29 is 27.5 Å². The van der Waals surface area contributed by atoms with Gasteiger partial charge < -0.3 is 9.47 Å². The molecule has 0 fully saturated rings. The summed E-state index contributed by atoms with van der Waals surface area (Å²) in [4.78, 5) is 24.3. The van der Waals surface area contributed by atoms with E-state index in [-0.39, 0.29) is 27.0 Å². The highest BCUT2D eigenvalue weighted by Crippen LogP contribution is 2.32. The van der Waals surface area contributed by atoms with E-state index < -0.39 is 33.3 Å². The lowest BCUT2D eigenvalue weighted by atomic mass is 10.2. The third kappa shape index (κ3) is 6.73. The topological polar surface area (TPSA) is 123 Å². The van der Waals surface area contributed by atoms with E-state index in [0.717, 1.165) is 17.7 Å². The number of amides is 2. The minimum absolute atomic E-state index is 0.129. The summed E-state index contributed by atoms with van der Waals surface area (Å²) < 4.78 is 38.9. The first kappa shape index (κ1) is 27.4. The van der Waals surface area contributed by atoms with Crippen molar-refractivity contribution in [2.75, 3.05) is 18.4 Å². The Morgan fingerprint density at radius 1 is 0.917 bits per heavy atom. The quantitative estimate of drug-likeness (QED) is 0.339. The standard InChI is InChI=1S/C23H20Cl3N3O6S/c1-13-9-14(24)7-8-19(13)35-12-22(30)27-28-23(31)15-10-21(17(26)11-16(15)25)36(32,33)29-18-5-3-4-6-20(18)34-2/h3-11,29H,12H2,1-2H3,(H,27,30)(H,28,31). The van der Waals surface area contributed by atoms with E-state index in [4.69, 9.17) is 44.3 Å². The van der Waals surface area contributed by atoms with Gasteiger partial charge in [-0.15, -0.1) is 0 Å². The lowest BCUT2D eigenvalue weighted by Crippen LogP contribution is -2.44. The van der Waals surface area contributed by atoms with E-state index in [2.05, 4.69) is 15.6 Å². The zero-order chi connectivity index (χ0) is 26.5. The van der Waals surface area contributed by atoms with Crippen LogP contribution in [-0.2, 0) is 14.8 Å². The third-order valence-corrected chi connectivity index (χ3v) is 7.10. The maximum atomic E-state index is 13.0. The van der Waals surface area contributed by atoms with E-state index >= 15 is 0 Å². The molecule has 0 atom stereocenters. The van der Waals surface area contributed by atoms with Crippen LogP contribution in [0.4, 0.5) is 5.69 Å². The molecule has 0 unspecified atom stereocenters. The maximum absolute atomic E-state index is 13.0. The Balaban J connectivity index is 1.71. The summed E-state index contributed by atoms with van der Waals surface area (Å²) in [5.74, 6) is -0.822. The number of para-hydroxylation sites is 2. The lowest BCUT2D eigenvalue weighted by molar-refractivity contribution is -0.123. The SMILES string of the molecule is COc1ccccc1NS(=O)(=O)c1cc(C(=O)NNC(=O)COc2ccc(Cl)cc2C)c(Cl)cc1Cl.